The fraction of sp³-hybridized carbons (Fsp3) is 0.600. The molecule has 114 valence electrons. The van der Waals surface area contributed by atoms with Crippen molar-refractivity contribution in [3.05, 3.63) is 17.7 Å². The molecule has 1 aromatic carbocycles. The molecule has 0 spiro atoms. The standard InChI is InChI=1S/C15H26N2O3/c1-6-7-17(2)12(10-16)11-8-14(19-4)15(20-5)9-13(11)18-3/h8-9,12H,6-7,10,16H2,1-5H3. The largest absolute Gasteiger partial charge is 0.496 e. The average molecular weight is 282 g/mol. The van der Waals surface area contributed by atoms with Crippen LogP contribution >= 0.6 is 0 Å². The van der Waals surface area contributed by atoms with E-state index in [0.717, 1.165) is 24.3 Å². The molecule has 0 aliphatic heterocycles. The number of nitrogens with zero attached hydrogens (tertiary/aromatic N) is 1. The first kappa shape index (κ1) is 16.6. The van der Waals surface area contributed by atoms with Gasteiger partial charge in [0.05, 0.1) is 27.4 Å². The Balaban J connectivity index is 3.25. The third kappa shape index (κ3) is 3.55. The summed E-state index contributed by atoms with van der Waals surface area (Å²) >= 11 is 0. The lowest BCUT2D eigenvalue weighted by Gasteiger charge is -2.28. The number of rotatable bonds is 8. The predicted molar refractivity (Wildman–Crippen MR) is 80.8 cm³/mol. The van der Waals surface area contributed by atoms with Gasteiger partial charge in [-0.2, -0.15) is 0 Å². The highest BCUT2D eigenvalue weighted by atomic mass is 16.5. The minimum atomic E-state index is 0.0877. The first-order valence-electron chi connectivity index (χ1n) is 6.83. The maximum atomic E-state index is 5.95. The molecule has 0 amide bonds. The van der Waals surface area contributed by atoms with E-state index in [0.29, 0.717) is 18.0 Å². The highest BCUT2D eigenvalue weighted by Gasteiger charge is 2.22. The second-order valence-corrected chi connectivity index (χ2v) is 4.68. The van der Waals surface area contributed by atoms with Gasteiger partial charge in [-0.25, -0.2) is 0 Å². The molecule has 0 saturated heterocycles. The van der Waals surface area contributed by atoms with Crippen LogP contribution in [0, 0.1) is 0 Å². The van der Waals surface area contributed by atoms with Crippen molar-refractivity contribution >= 4 is 0 Å². The molecule has 0 aliphatic carbocycles. The lowest BCUT2D eigenvalue weighted by atomic mass is 10.0. The molecule has 1 aromatic rings. The molecule has 20 heavy (non-hydrogen) atoms. The third-order valence-electron chi connectivity index (χ3n) is 3.43. The van der Waals surface area contributed by atoms with Crippen molar-refractivity contribution in [1.29, 1.82) is 0 Å². The zero-order valence-corrected chi connectivity index (χ0v) is 13.1. The van der Waals surface area contributed by atoms with Crippen LogP contribution in [0.3, 0.4) is 0 Å². The Morgan fingerprint density at radius 2 is 1.60 bits per heavy atom. The molecule has 1 unspecified atom stereocenters. The van der Waals surface area contributed by atoms with Gasteiger partial charge in [0.15, 0.2) is 11.5 Å². The van der Waals surface area contributed by atoms with E-state index >= 15 is 0 Å². The molecule has 0 aromatic heterocycles. The minimum absolute atomic E-state index is 0.0877. The van der Waals surface area contributed by atoms with E-state index in [9.17, 15) is 0 Å². The number of hydrogen-bond acceptors (Lipinski definition) is 5. The highest BCUT2D eigenvalue weighted by Crippen LogP contribution is 2.38. The molecule has 0 bridgehead atoms. The van der Waals surface area contributed by atoms with Crippen molar-refractivity contribution in [2.45, 2.75) is 19.4 Å². The Bertz CT molecular complexity index is 424. The predicted octanol–water partition coefficient (Wildman–Crippen LogP) is 2.05. The van der Waals surface area contributed by atoms with Crippen molar-refractivity contribution in [3.63, 3.8) is 0 Å². The van der Waals surface area contributed by atoms with Gasteiger partial charge in [-0.15, -0.1) is 0 Å². The quantitative estimate of drug-likeness (QED) is 0.791. The van der Waals surface area contributed by atoms with Gasteiger partial charge in [0.2, 0.25) is 0 Å². The summed E-state index contributed by atoms with van der Waals surface area (Å²) in [5.41, 5.74) is 6.97. The smallest absolute Gasteiger partial charge is 0.164 e. The second-order valence-electron chi connectivity index (χ2n) is 4.68. The Morgan fingerprint density at radius 1 is 1.05 bits per heavy atom. The SMILES string of the molecule is CCCN(C)C(CN)c1cc(OC)c(OC)cc1OC. The summed E-state index contributed by atoms with van der Waals surface area (Å²) in [6.07, 6.45) is 1.07. The zero-order valence-electron chi connectivity index (χ0n) is 13.1. The fourth-order valence-electron chi connectivity index (χ4n) is 2.37. The van der Waals surface area contributed by atoms with Crippen LogP contribution in [0.4, 0.5) is 0 Å². The van der Waals surface area contributed by atoms with Gasteiger partial charge in [0.25, 0.3) is 0 Å². The monoisotopic (exact) mass is 282 g/mol. The van der Waals surface area contributed by atoms with Crippen LogP contribution in [-0.2, 0) is 0 Å². The van der Waals surface area contributed by atoms with E-state index < -0.39 is 0 Å². The molecule has 1 atom stereocenters. The first-order valence-corrected chi connectivity index (χ1v) is 6.83. The second kappa shape index (κ2) is 7.97. The lowest BCUT2D eigenvalue weighted by Crippen LogP contribution is -2.31. The van der Waals surface area contributed by atoms with Crippen LogP contribution in [-0.4, -0.2) is 46.4 Å². The molecule has 5 heteroatoms. The van der Waals surface area contributed by atoms with Gasteiger partial charge < -0.3 is 19.9 Å². The molecular formula is C15H26N2O3. The van der Waals surface area contributed by atoms with E-state index in [2.05, 4.69) is 18.9 Å². The van der Waals surface area contributed by atoms with Crippen LogP contribution in [0.25, 0.3) is 0 Å². The summed E-state index contributed by atoms with van der Waals surface area (Å²) in [6.45, 7) is 3.64. The summed E-state index contributed by atoms with van der Waals surface area (Å²) in [5, 5.41) is 0. The van der Waals surface area contributed by atoms with Crippen molar-refractivity contribution < 1.29 is 14.2 Å². The maximum absolute atomic E-state index is 5.95. The summed E-state index contributed by atoms with van der Waals surface area (Å²) < 4.78 is 16.2. The van der Waals surface area contributed by atoms with Gasteiger partial charge in [0.1, 0.15) is 5.75 Å². The number of benzene rings is 1. The molecule has 0 heterocycles. The van der Waals surface area contributed by atoms with Gasteiger partial charge >= 0.3 is 0 Å². The van der Waals surface area contributed by atoms with E-state index in [1.54, 1.807) is 21.3 Å². The van der Waals surface area contributed by atoms with Gasteiger partial charge in [0, 0.05) is 18.2 Å². The maximum Gasteiger partial charge on any atom is 0.164 e. The fourth-order valence-corrected chi connectivity index (χ4v) is 2.37. The summed E-state index contributed by atoms with van der Waals surface area (Å²) in [4.78, 5) is 2.23. The van der Waals surface area contributed by atoms with Crippen molar-refractivity contribution in [2.75, 3.05) is 41.5 Å². The van der Waals surface area contributed by atoms with E-state index in [1.165, 1.54) is 0 Å². The molecule has 0 aliphatic rings. The Morgan fingerprint density at radius 3 is 2.05 bits per heavy atom. The van der Waals surface area contributed by atoms with Gasteiger partial charge in [-0.1, -0.05) is 6.92 Å². The summed E-state index contributed by atoms with van der Waals surface area (Å²) in [7, 11) is 6.96. The topological polar surface area (TPSA) is 57.0 Å². The normalized spacial score (nSPS) is 12.3. The number of likely N-dealkylation sites (N-methyl/N-ethyl adjacent to an activating group) is 1. The van der Waals surface area contributed by atoms with Gasteiger partial charge in [-0.3, -0.25) is 4.90 Å². The first-order chi connectivity index (χ1) is 9.62. The Hall–Kier alpha value is -1.46. The zero-order chi connectivity index (χ0) is 15.1. The molecule has 0 saturated carbocycles. The summed E-state index contributed by atoms with van der Waals surface area (Å²) in [6, 6.07) is 3.88. The molecule has 0 radical (unpaired) electrons. The number of nitrogens with two attached hydrogens (primary N) is 1. The summed E-state index contributed by atoms with van der Waals surface area (Å²) in [5.74, 6) is 2.11. The number of hydrogen-bond donors (Lipinski definition) is 1. The lowest BCUT2D eigenvalue weighted by molar-refractivity contribution is 0.243. The number of ether oxygens (including phenoxy) is 3. The van der Waals surface area contributed by atoms with Crippen LogP contribution in [0.15, 0.2) is 12.1 Å². The van der Waals surface area contributed by atoms with Crippen molar-refractivity contribution in [1.82, 2.24) is 4.90 Å². The van der Waals surface area contributed by atoms with Crippen LogP contribution < -0.4 is 19.9 Å². The van der Waals surface area contributed by atoms with Crippen molar-refractivity contribution in [3.8, 4) is 17.2 Å². The molecule has 0 fully saturated rings. The van der Waals surface area contributed by atoms with Crippen molar-refractivity contribution in [2.24, 2.45) is 5.73 Å². The molecular weight excluding hydrogens is 256 g/mol. The molecule has 2 N–H and O–H groups in total. The van der Waals surface area contributed by atoms with Gasteiger partial charge in [-0.05, 0) is 26.1 Å². The Labute approximate surface area is 121 Å². The van der Waals surface area contributed by atoms with E-state index in [4.69, 9.17) is 19.9 Å². The average Bonchev–Trinajstić information content (AvgIpc) is 2.47. The minimum Gasteiger partial charge on any atom is -0.496 e. The van der Waals surface area contributed by atoms with Crippen LogP contribution in [0.2, 0.25) is 0 Å². The highest BCUT2D eigenvalue weighted by molar-refractivity contribution is 5.52. The van der Waals surface area contributed by atoms with Crippen LogP contribution in [0.1, 0.15) is 24.9 Å². The molecule has 1 rings (SSSR count). The Kier molecular flexibility index (Phi) is 6.61. The molecule has 5 nitrogen and oxygen atoms in total. The van der Waals surface area contributed by atoms with E-state index in [-0.39, 0.29) is 6.04 Å². The number of methoxy groups -OCH3 is 3. The van der Waals surface area contributed by atoms with Crippen LogP contribution in [0.5, 0.6) is 17.2 Å². The third-order valence-corrected chi connectivity index (χ3v) is 3.43. The van der Waals surface area contributed by atoms with E-state index in [1.807, 2.05) is 12.1 Å².